The highest BCUT2D eigenvalue weighted by atomic mass is 19.1. The van der Waals surface area contributed by atoms with Crippen LogP contribution in [0.3, 0.4) is 0 Å². The van der Waals surface area contributed by atoms with Crippen molar-refractivity contribution in [1.29, 1.82) is 0 Å². The molecule has 1 atom stereocenters. The van der Waals surface area contributed by atoms with E-state index < -0.39 is 0 Å². The van der Waals surface area contributed by atoms with Gasteiger partial charge in [-0.1, -0.05) is 12.1 Å². The summed E-state index contributed by atoms with van der Waals surface area (Å²) >= 11 is 0. The van der Waals surface area contributed by atoms with Crippen molar-refractivity contribution >= 4 is 11.4 Å². The minimum Gasteiger partial charge on any atom is -0.494 e. The molecule has 1 unspecified atom stereocenters. The number of hydrogen-bond acceptors (Lipinski definition) is 6. The molecule has 0 aliphatic carbocycles. The second kappa shape index (κ2) is 6.08. The average molecular weight is 340 g/mol. The molecule has 1 aliphatic heterocycles. The van der Waals surface area contributed by atoms with Crippen molar-refractivity contribution in [2.75, 3.05) is 17.7 Å². The molecule has 25 heavy (non-hydrogen) atoms. The number of methoxy groups -OCH3 is 1. The second-order valence-corrected chi connectivity index (χ2v) is 5.88. The third-order valence-electron chi connectivity index (χ3n) is 4.06. The highest BCUT2D eigenvalue weighted by molar-refractivity contribution is 5.87. The van der Waals surface area contributed by atoms with Crippen molar-refractivity contribution in [2.24, 2.45) is 0 Å². The van der Waals surface area contributed by atoms with E-state index in [0.717, 1.165) is 22.5 Å². The topological polar surface area (TPSA) is 72.2 Å². The summed E-state index contributed by atoms with van der Waals surface area (Å²) in [6, 6.07) is 10.1. The zero-order chi connectivity index (χ0) is 17.4. The van der Waals surface area contributed by atoms with E-state index in [4.69, 9.17) is 9.15 Å². The molecular formula is C18H17FN4O2. The van der Waals surface area contributed by atoms with Crippen LogP contribution in [0.5, 0.6) is 5.75 Å². The smallest absolute Gasteiger partial charge is 0.251 e. The molecule has 128 valence electrons. The standard InChI is InChI=1S/C18H17FN4O2/c1-10-20-14-8-7-13(17(24-2)16(14)21-10)18-23-22-15(25-18)9-11-3-5-12(19)6-4-11/h3-8,10,20-21H,9H2,1-2H3. The summed E-state index contributed by atoms with van der Waals surface area (Å²) in [6.07, 6.45) is 0.563. The van der Waals surface area contributed by atoms with Gasteiger partial charge in [0.15, 0.2) is 5.75 Å². The lowest BCUT2D eigenvalue weighted by molar-refractivity contribution is 0.415. The summed E-state index contributed by atoms with van der Waals surface area (Å²) in [5.74, 6) is 1.24. The van der Waals surface area contributed by atoms with Crippen molar-refractivity contribution in [2.45, 2.75) is 19.5 Å². The Labute approximate surface area is 144 Å². The largest absolute Gasteiger partial charge is 0.494 e. The lowest BCUT2D eigenvalue weighted by Gasteiger charge is -2.10. The van der Waals surface area contributed by atoms with Crippen LogP contribution in [0.4, 0.5) is 15.8 Å². The van der Waals surface area contributed by atoms with Gasteiger partial charge in [0.1, 0.15) is 11.5 Å². The number of halogens is 1. The van der Waals surface area contributed by atoms with Gasteiger partial charge < -0.3 is 19.8 Å². The summed E-state index contributed by atoms with van der Waals surface area (Å²) in [4.78, 5) is 0. The molecule has 0 fully saturated rings. The van der Waals surface area contributed by atoms with E-state index in [-0.39, 0.29) is 12.0 Å². The van der Waals surface area contributed by atoms with Gasteiger partial charge in [-0.05, 0) is 36.8 Å². The molecule has 0 spiro atoms. The number of hydrogen-bond donors (Lipinski definition) is 2. The van der Waals surface area contributed by atoms with E-state index in [1.807, 2.05) is 19.1 Å². The number of aromatic nitrogens is 2. The van der Waals surface area contributed by atoms with Gasteiger partial charge >= 0.3 is 0 Å². The quantitative estimate of drug-likeness (QED) is 0.755. The van der Waals surface area contributed by atoms with Gasteiger partial charge in [-0.15, -0.1) is 10.2 Å². The van der Waals surface area contributed by atoms with Crippen LogP contribution in [0.2, 0.25) is 0 Å². The van der Waals surface area contributed by atoms with Crippen molar-refractivity contribution in [1.82, 2.24) is 10.2 Å². The Kier molecular flexibility index (Phi) is 3.76. The molecule has 3 aromatic rings. The Morgan fingerprint density at radius 2 is 1.92 bits per heavy atom. The van der Waals surface area contributed by atoms with Crippen molar-refractivity contribution in [3.05, 3.63) is 53.7 Å². The number of fused-ring (bicyclic) bond motifs is 1. The summed E-state index contributed by atoms with van der Waals surface area (Å²) in [6.45, 7) is 2.02. The number of ether oxygens (including phenoxy) is 1. The molecule has 0 saturated heterocycles. The van der Waals surface area contributed by atoms with E-state index in [1.54, 1.807) is 19.2 Å². The molecule has 0 amide bonds. The van der Waals surface area contributed by atoms with Gasteiger partial charge in [0.25, 0.3) is 5.89 Å². The lowest BCUT2D eigenvalue weighted by atomic mass is 10.1. The highest BCUT2D eigenvalue weighted by Crippen LogP contribution is 2.43. The normalized spacial score (nSPS) is 15.4. The predicted molar refractivity (Wildman–Crippen MR) is 92.2 cm³/mol. The molecule has 6 nitrogen and oxygen atoms in total. The maximum absolute atomic E-state index is 13.0. The van der Waals surface area contributed by atoms with Crippen molar-refractivity contribution < 1.29 is 13.5 Å². The van der Waals surface area contributed by atoms with Crippen LogP contribution in [0.15, 0.2) is 40.8 Å². The zero-order valence-corrected chi connectivity index (χ0v) is 13.8. The first-order chi connectivity index (χ1) is 12.1. The fraction of sp³-hybridized carbons (Fsp3) is 0.222. The molecule has 0 saturated carbocycles. The molecule has 2 N–H and O–H groups in total. The van der Waals surface area contributed by atoms with E-state index in [0.29, 0.717) is 24.0 Å². The van der Waals surface area contributed by atoms with Gasteiger partial charge in [0.05, 0.1) is 30.9 Å². The van der Waals surface area contributed by atoms with Crippen LogP contribution in [0, 0.1) is 5.82 Å². The first-order valence-electron chi connectivity index (χ1n) is 7.95. The molecular weight excluding hydrogens is 323 g/mol. The fourth-order valence-corrected chi connectivity index (χ4v) is 2.92. The highest BCUT2D eigenvalue weighted by Gasteiger charge is 2.24. The van der Waals surface area contributed by atoms with E-state index in [2.05, 4.69) is 20.8 Å². The van der Waals surface area contributed by atoms with Crippen molar-refractivity contribution in [3.8, 4) is 17.2 Å². The average Bonchev–Trinajstić information content (AvgIpc) is 3.21. The van der Waals surface area contributed by atoms with Crippen LogP contribution >= 0.6 is 0 Å². The van der Waals surface area contributed by atoms with Gasteiger partial charge in [-0.2, -0.15) is 0 Å². The zero-order valence-electron chi connectivity index (χ0n) is 13.8. The molecule has 2 heterocycles. The Hall–Kier alpha value is -3.09. The number of rotatable bonds is 4. The molecule has 0 radical (unpaired) electrons. The Morgan fingerprint density at radius 1 is 1.12 bits per heavy atom. The third-order valence-corrected chi connectivity index (χ3v) is 4.06. The summed E-state index contributed by atoms with van der Waals surface area (Å²) in [5, 5.41) is 14.8. The van der Waals surface area contributed by atoms with Crippen LogP contribution in [0.25, 0.3) is 11.5 Å². The first-order valence-corrected chi connectivity index (χ1v) is 7.95. The van der Waals surface area contributed by atoms with Gasteiger partial charge in [0, 0.05) is 0 Å². The summed E-state index contributed by atoms with van der Waals surface area (Å²) in [5.41, 5.74) is 3.48. The SMILES string of the molecule is COc1c(-c2nnc(Cc3ccc(F)cc3)o2)ccc2c1NC(C)N2. The molecule has 4 rings (SSSR count). The van der Waals surface area contributed by atoms with Crippen LogP contribution in [-0.2, 0) is 6.42 Å². The molecule has 7 heteroatoms. The van der Waals surface area contributed by atoms with Crippen molar-refractivity contribution in [3.63, 3.8) is 0 Å². The number of anilines is 2. The van der Waals surface area contributed by atoms with E-state index in [1.165, 1.54) is 12.1 Å². The monoisotopic (exact) mass is 340 g/mol. The fourth-order valence-electron chi connectivity index (χ4n) is 2.92. The van der Waals surface area contributed by atoms with Crippen LogP contribution < -0.4 is 15.4 Å². The maximum atomic E-state index is 13.0. The van der Waals surface area contributed by atoms with E-state index in [9.17, 15) is 4.39 Å². The number of nitrogens with zero attached hydrogens (tertiary/aromatic N) is 2. The molecule has 0 bridgehead atoms. The number of nitrogens with one attached hydrogen (secondary N) is 2. The number of benzene rings is 2. The Bertz CT molecular complexity index is 908. The maximum Gasteiger partial charge on any atom is 0.251 e. The molecule has 1 aliphatic rings. The Balaban J connectivity index is 1.64. The third kappa shape index (κ3) is 2.88. The minimum atomic E-state index is -0.270. The van der Waals surface area contributed by atoms with Crippen LogP contribution in [0.1, 0.15) is 18.4 Å². The van der Waals surface area contributed by atoms with Gasteiger partial charge in [-0.25, -0.2) is 4.39 Å². The van der Waals surface area contributed by atoms with Gasteiger partial charge in [-0.3, -0.25) is 0 Å². The predicted octanol–water partition coefficient (Wildman–Crippen LogP) is 3.66. The minimum absolute atomic E-state index is 0.121. The van der Waals surface area contributed by atoms with Gasteiger partial charge in [0.2, 0.25) is 5.89 Å². The lowest BCUT2D eigenvalue weighted by Crippen LogP contribution is -2.16. The molecule has 2 aromatic carbocycles. The summed E-state index contributed by atoms with van der Waals surface area (Å²) in [7, 11) is 1.61. The second-order valence-electron chi connectivity index (χ2n) is 5.88. The van der Waals surface area contributed by atoms with Crippen LogP contribution in [-0.4, -0.2) is 23.5 Å². The van der Waals surface area contributed by atoms with E-state index >= 15 is 0 Å². The Morgan fingerprint density at radius 3 is 2.68 bits per heavy atom. The first kappa shape index (κ1) is 15.4. The molecule has 1 aromatic heterocycles. The summed E-state index contributed by atoms with van der Waals surface area (Å²) < 4.78 is 24.3.